The van der Waals surface area contributed by atoms with Crippen molar-refractivity contribution in [3.63, 3.8) is 0 Å². The predicted octanol–water partition coefficient (Wildman–Crippen LogP) is 4.07. The molecule has 0 aliphatic rings. The van der Waals surface area contributed by atoms with Crippen molar-refractivity contribution in [2.75, 3.05) is 0 Å². The second-order valence-electron chi connectivity index (χ2n) is 3.17. The highest BCUT2D eigenvalue weighted by molar-refractivity contribution is 9.10. The first kappa shape index (κ1) is 13.0. The molecule has 1 nitrogen and oxygen atoms in total. The van der Waals surface area contributed by atoms with Crippen molar-refractivity contribution in [3.8, 4) is 0 Å². The van der Waals surface area contributed by atoms with Gasteiger partial charge in [-0.25, -0.2) is 0 Å². The fourth-order valence-corrected chi connectivity index (χ4v) is 1.49. The number of hydrogen-bond acceptors (Lipinski definition) is 1. The molecule has 0 radical (unpaired) electrons. The second kappa shape index (κ2) is 4.82. The third-order valence-corrected chi connectivity index (χ3v) is 2.31. The molecule has 1 aromatic carbocycles. The van der Waals surface area contributed by atoms with E-state index in [0.717, 1.165) is 18.2 Å². The Balaban J connectivity index is 3.23. The van der Waals surface area contributed by atoms with Crippen LogP contribution < -0.4 is 0 Å². The van der Waals surface area contributed by atoms with Crippen molar-refractivity contribution < 1.29 is 18.0 Å². The van der Waals surface area contributed by atoms with Crippen LogP contribution in [0.5, 0.6) is 0 Å². The molecule has 0 aliphatic heterocycles. The lowest BCUT2D eigenvalue weighted by Gasteiger charge is -2.10. The Kier molecular flexibility index (Phi) is 3.91. The highest BCUT2D eigenvalue weighted by Crippen LogP contribution is 2.34. The SMILES string of the molecule is CC(=O)/C=C/c1ccc(Br)cc1C(F)(F)F. The highest BCUT2D eigenvalue weighted by atomic mass is 79.9. The van der Waals surface area contributed by atoms with Crippen molar-refractivity contribution in [2.45, 2.75) is 13.1 Å². The molecule has 0 saturated carbocycles. The minimum atomic E-state index is -4.43. The lowest BCUT2D eigenvalue weighted by Crippen LogP contribution is -2.07. The van der Waals surface area contributed by atoms with E-state index in [0.29, 0.717) is 4.47 Å². The van der Waals surface area contributed by atoms with E-state index in [1.165, 1.54) is 19.1 Å². The van der Waals surface area contributed by atoms with Crippen LogP contribution >= 0.6 is 15.9 Å². The first-order valence-corrected chi connectivity index (χ1v) is 5.15. The summed E-state index contributed by atoms with van der Waals surface area (Å²) in [6, 6.07) is 3.79. The molecule has 1 rings (SSSR count). The molecule has 0 unspecified atom stereocenters. The van der Waals surface area contributed by atoms with Crippen LogP contribution in [0.15, 0.2) is 28.7 Å². The van der Waals surface area contributed by atoms with Crippen LogP contribution in [0.4, 0.5) is 13.2 Å². The number of benzene rings is 1. The predicted molar refractivity (Wildman–Crippen MR) is 58.9 cm³/mol. The minimum Gasteiger partial charge on any atom is -0.295 e. The summed E-state index contributed by atoms with van der Waals surface area (Å²) in [6.07, 6.45) is -2.16. The fraction of sp³-hybridized carbons (Fsp3) is 0.182. The third-order valence-electron chi connectivity index (χ3n) is 1.82. The van der Waals surface area contributed by atoms with E-state index in [1.807, 2.05) is 0 Å². The highest BCUT2D eigenvalue weighted by Gasteiger charge is 2.32. The zero-order chi connectivity index (χ0) is 12.3. The number of carbonyl (C=O) groups is 1. The number of carbonyl (C=O) groups excluding carboxylic acids is 1. The van der Waals surface area contributed by atoms with Crippen molar-refractivity contribution >= 4 is 27.8 Å². The van der Waals surface area contributed by atoms with E-state index in [9.17, 15) is 18.0 Å². The second-order valence-corrected chi connectivity index (χ2v) is 4.09. The van der Waals surface area contributed by atoms with Gasteiger partial charge in [0, 0.05) is 4.47 Å². The van der Waals surface area contributed by atoms with Gasteiger partial charge in [-0.3, -0.25) is 4.79 Å². The van der Waals surface area contributed by atoms with Gasteiger partial charge in [0.1, 0.15) is 0 Å². The molecule has 16 heavy (non-hydrogen) atoms. The molecule has 86 valence electrons. The van der Waals surface area contributed by atoms with E-state index in [-0.39, 0.29) is 11.3 Å². The Morgan fingerprint density at radius 2 is 2.00 bits per heavy atom. The average Bonchev–Trinajstić information content (AvgIpc) is 2.14. The summed E-state index contributed by atoms with van der Waals surface area (Å²) in [7, 11) is 0. The molecule has 1 aromatic rings. The lowest BCUT2D eigenvalue weighted by atomic mass is 10.1. The number of halogens is 4. The summed E-state index contributed by atoms with van der Waals surface area (Å²) < 4.78 is 38.2. The van der Waals surface area contributed by atoms with E-state index in [4.69, 9.17) is 0 Å². The van der Waals surface area contributed by atoms with Crippen LogP contribution in [0, 0.1) is 0 Å². The maximum absolute atomic E-state index is 12.6. The maximum Gasteiger partial charge on any atom is 0.417 e. The molecule has 0 aromatic heterocycles. The van der Waals surface area contributed by atoms with Crippen molar-refractivity contribution in [3.05, 3.63) is 39.9 Å². The topological polar surface area (TPSA) is 17.1 Å². The molecular weight excluding hydrogens is 285 g/mol. The summed E-state index contributed by atoms with van der Waals surface area (Å²) in [5.41, 5.74) is -0.787. The zero-order valence-corrected chi connectivity index (χ0v) is 9.89. The van der Waals surface area contributed by atoms with Crippen molar-refractivity contribution in [1.82, 2.24) is 0 Å². The first-order chi connectivity index (χ1) is 7.30. The smallest absolute Gasteiger partial charge is 0.295 e. The summed E-state index contributed by atoms with van der Waals surface area (Å²) in [6.45, 7) is 1.28. The van der Waals surface area contributed by atoms with Gasteiger partial charge in [0.2, 0.25) is 0 Å². The van der Waals surface area contributed by atoms with Gasteiger partial charge >= 0.3 is 6.18 Å². The molecule has 0 N–H and O–H groups in total. The molecule has 0 amide bonds. The number of rotatable bonds is 2. The van der Waals surface area contributed by atoms with E-state index < -0.39 is 11.7 Å². The number of allylic oxidation sites excluding steroid dienone is 1. The molecule has 0 aliphatic carbocycles. The summed E-state index contributed by atoms with van der Waals surface area (Å²) in [5, 5.41) is 0. The van der Waals surface area contributed by atoms with Crippen molar-refractivity contribution in [2.24, 2.45) is 0 Å². The van der Waals surface area contributed by atoms with Crippen LogP contribution in [0.1, 0.15) is 18.1 Å². The quantitative estimate of drug-likeness (QED) is 0.751. The Labute approximate surface area is 99.1 Å². The largest absolute Gasteiger partial charge is 0.417 e. The first-order valence-electron chi connectivity index (χ1n) is 4.36. The van der Waals surface area contributed by atoms with Gasteiger partial charge in [-0.2, -0.15) is 13.2 Å². The molecular formula is C11H8BrF3O. The molecule has 0 fully saturated rings. The van der Waals surface area contributed by atoms with Crippen LogP contribution in [0.25, 0.3) is 6.08 Å². The molecule has 0 saturated heterocycles. The standard InChI is InChI=1S/C11H8BrF3O/c1-7(16)2-3-8-4-5-9(12)6-10(8)11(13,14)15/h2-6H,1H3/b3-2+. The van der Waals surface area contributed by atoms with Crippen molar-refractivity contribution in [1.29, 1.82) is 0 Å². The van der Waals surface area contributed by atoms with E-state index in [2.05, 4.69) is 15.9 Å². The van der Waals surface area contributed by atoms with Crippen LogP contribution in [-0.2, 0) is 11.0 Å². The van der Waals surface area contributed by atoms with Gasteiger partial charge in [0.05, 0.1) is 5.56 Å². The summed E-state index contributed by atoms with van der Waals surface area (Å²) in [4.78, 5) is 10.7. The van der Waals surface area contributed by atoms with Gasteiger partial charge in [-0.15, -0.1) is 0 Å². The Morgan fingerprint density at radius 3 is 2.50 bits per heavy atom. The molecule has 0 heterocycles. The Bertz CT molecular complexity index is 435. The van der Waals surface area contributed by atoms with Crippen LogP contribution in [-0.4, -0.2) is 5.78 Å². The van der Waals surface area contributed by atoms with Gasteiger partial charge < -0.3 is 0 Å². The van der Waals surface area contributed by atoms with Gasteiger partial charge in [-0.05, 0) is 30.7 Å². The number of hydrogen-bond donors (Lipinski definition) is 0. The maximum atomic E-state index is 12.6. The van der Waals surface area contributed by atoms with Gasteiger partial charge in [0.25, 0.3) is 0 Å². The summed E-state index contributed by atoms with van der Waals surface area (Å²) in [5.74, 6) is -0.295. The number of alkyl halides is 3. The molecule has 0 bridgehead atoms. The van der Waals surface area contributed by atoms with E-state index >= 15 is 0 Å². The fourth-order valence-electron chi connectivity index (χ4n) is 1.13. The van der Waals surface area contributed by atoms with Gasteiger partial charge in [-0.1, -0.05) is 28.1 Å². The van der Waals surface area contributed by atoms with Crippen LogP contribution in [0.2, 0.25) is 0 Å². The third kappa shape index (κ3) is 3.48. The van der Waals surface area contributed by atoms with Crippen LogP contribution in [0.3, 0.4) is 0 Å². The lowest BCUT2D eigenvalue weighted by molar-refractivity contribution is -0.137. The minimum absolute atomic E-state index is 0.0223. The number of ketones is 1. The zero-order valence-electron chi connectivity index (χ0n) is 8.31. The average molecular weight is 293 g/mol. The van der Waals surface area contributed by atoms with Gasteiger partial charge in [0.15, 0.2) is 5.78 Å². The normalized spacial score (nSPS) is 12.1. The van der Waals surface area contributed by atoms with E-state index in [1.54, 1.807) is 0 Å². The molecule has 0 atom stereocenters. The monoisotopic (exact) mass is 292 g/mol. The Hall–Kier alpha value is -1.10. The molecule has 5 heteroatoms. The summed E-state index contributed by atoms with van der Waals surface area (Å²) >= 11 is 2.98. The Morgan fingerprint density at radius 1 is 1.38 bits per heavy atom. The molecule has 0 spiro atoms.